The predicted octanol–water partition coefficient (Wildman–Crippen LogP) is 1.78. The second kappa shape index (κ2) is 4.56. The minimum Gasteiger partial charge on any atom is -0.469 e. The van der Waals surface area contributed by atoms with Gasteiger partial charge in [-0.05, 0) is 12.5 Å². The highest BCUT2D eigenvalue weighted by atomic mass is 16.5. The normalized spacial score (nSPS) is 11.9. The van der Waals surface area contributed by atoms with E-state index < -0.39 is 0 Å². The van der Waals surface area contributed by atoms with Crippen LogP contribution in [0.4, 0.5) is 0 Å². The fraction of sp³-hybridized carbons (Fsp3) is 0.273. The Kier molecular flexibility index (Phi) is 3.40. The number of methoxy groups -OCH3 is 1. The SMILES string of the molecule is COC(=O)C(C)c1ccc(C=O)cc1. The zero-order valence-electron chi connectivity index (χ0n) is 8.19. The first-order chi connectivity index (χ1) is 6.69. The molecule has 14 heavy (non-hydrogen) atoms. The van der Waals surface area contributed by atoms with Crippen molar-refractivity contribution in [2.24, 2.45) is 0 Å². The first-order valence-electron chi connectivity index (χ1n) is 4.32. The molecule has 0 saturated heterocycles. The minimum atomic E-state index is -0.291. The number of carbonyl (C=O) groups is 2. The lowest BCUT2D eigenvalue weighted by atomic mass is 10.0. The molecular weight excluding hydrogens is 180 g/mol. The van der Waals surface area contributed by atoms with Crippen LogP contribution in [0, 0.1) is 0 Å². The van der Waals surface area contributed by atoms with E-state index in [4.69, 9.17) is 0 Å². The fourth-order valence-corrected chi connectivity index (χ4v) is 1.18. The van der Waals surface area contributed by atoms with E-state index in [1.54, 1.807) is 31.2 Å². The Morgan fingerprint density at radius 3 is 2.36 bits per heavy atom. The van der Waals surface area contributed by atoms with Crippen LogP contribution in [0.1, 0.15) is 28.8 Å². The van der Waals surface area contributed by atoms with E-state index in [2.05, 4.69) is 4.74 Å². The zero-order valence-corrected chi connectivity index (χ0v) is 8.19. The second-order valence-corrected chi connectivity index (χ2v) is 3.03. The molecule has 0 aliphatic rings. The summed E-state index contributed by atoms with van der Waals surface area (Å²) >= 11 is 0. The molecule has 3 heteroatoms. The van der Waals surface area contributed by atoms with Gasteiger partial charge in [0, 0.05) is 5.56 Å². The summed E-state index contributed by atoms with van der Waals surface area (Å²) in [6.07, 6.45) is 0.770. The molecule has 1 unspecified atom stereocenters. The van der Waals surface area contributed by atoms with Crippen molar-refractivity contribution in [2.75, 3.05) is 7.11 Å². The van der Waals surface area contributed by atoms with Crippen LogP contribution in [0.5, 0.6) is 0 Å². The van der Waals surface area contributed by atoms with Gasteiger partial charge in [-0.1, -0.05) is 24.3 Å². The Bertz CT molecular complexity index is 327. The quantitative estimate of drug-likeness (QED) is 0.541. The van der Waals surface area contributed by atoms with Crippen LogP contribution in [0.3, 0.4) is 0 Å². The van der Waals surface area contributed by atoms with Crippen molar-refractivity contribution < 1.29 is 14.3 Å². The number of aldehydes is 1. The van der Waals surface area contributed by atoms with E-state index >= 15 is 0 Å². The van der Waals surface area contributed by atoms with Crippen LogP contribution in [-0.2, 0) is 9.53 Å². The molecule has 0 spiro atoms. The molecule has 3 nitrogen and oxygen atoms in total. The van der Waals surface area contributed by atoms with Crippen molar-refractivity contribution in [3.05, 3.63) is 35.4 Å². The molecule has 1 aromatic rings. The van der Waals surface area contributed by atoms with Crippen LogP contribution >= 0.6 is 0 Å². The Morgan fingerprint density at radius 1 is 1.36 bits per heavy atom. The molecule has 0 fully saturated rings. The van der Waals surface area contributed by atoms with E-state index in [0.717, 1.165) is 11.8 Å². The largest absolute Gasteiger partial charge is 0.469 e. The van der Waals surface area contributed by atoms with Crippen LogP contribution < -0.4 is 0 Å². The van der Waals surface area contributed by atoms with Crippen LogP contribution in [0.25, 0.3) is 0 Å². The molecule has 0 N–H and O–H groups in total. The third-order valence-corrected chi connectivity index (χ3v) is 2.13. The average molecular weight is 192 g/mol. The van der Waals surface area contributed by atoms with Gasteiger partial charge in [-0.2, -0.15) is 0 Å². The van der Waals surface area contributed by atoms with Crippen LogP contribution in [0.15, 0.2) is 24.3 Å². The smallest absolute Gasteiger partial charge is 0.312 e. The molecule has 0 bridgehead atoms. The lowest BCUT2D eigenvalue weighted by Crippen LogP contribution is -2.10. The highest BCUT2D eigenvalue weighted by Gasteiger charge is 2.14. The number of benzene rings is 1. The van der Waals surface area contributed by atoms with Gasteiger partial charge in [0.15, 0.2) is 0 Å². The molecule has 0 aliphatic carbocycles. The van der Waals surface area contributed by atoms with Crippen molar-refractivity contribution in [3.63, 3.8) is 0 Å². The Labute approximate surface area is 82.7 Å². The maximum absolute atomic E-state index is 11.2. The predicted molar refractivity (Wildman–Crippen MR) is 52.3 cm³/mol. The molecule has 0 amide bonds. The van der Waals surface area contributed by atoms with Gasteiger partial charge in [0.1, 0.15) is 6.29 Å². The van der Waals surface area contributed by atoms with Crippen molar-refractivity contribution >= 4 is 12.3 Å². The zero-order chi connectivity index (χ0) is 10.6. The summed E-state index contributed by atoms with van der Waals surface area (Å²) in [5, 5.41) is 0. The van der Waals surface area contributed by atoms with Gasteiger partial charge in [-0.3, -0.25) is 9.59 Å². The van der Waals surface area contributed by atoms with Crippen LogP contribution in [-0.4, -0.2) is 19.4 Å². The number of esters is 1. The van der Waals surface area contributed by atoms with Gasteiger partial charge in [-0.15, -0.1) is 0 Å². The van der Waals surface area contributed by atoms with Crippen molar-refractivity contribution in [3.8, 4) is 0 Å². The Morgan fingerprint density at radius 2 is 1.93 bits per heavy atom. The van der Waals surface area contributed by atoms with E-state index in [1.807, 2.05) is 0 Å². The van der Waals surface area contributed by atoms with Gasteiger partial charge in [0.05, 0.1) is 13.0 Å². The summed E-state index contributed by atoms with van der Waals surface area (Å²) in [6, 6.07) is 6.88. The summed E-state index contributed by atoms with van der Waals surface area (Å²) in [4.78, 5) is 21.6. The highest BCUT2D eigenvalue weighted by molar-refractivity contribution is 5.79. The molecule has 74 valence electrons. The van der Waals surface area contributed by atoms with Crippen molar-refractivity contribution in [1.29, 1.82) is 0 Å². The highest BCUT2D eigenvalue weighted by Crippen LogP contribution is 2.16. The second-order valence-electron chi connectivity index (χ2n) is 3.03. The van der Waals surface area contributed by atoms with E-state index in [-0.39, 0.29) is 11.9 Å². The van der Waals surface area contributed by atoms with Gasteiger partial charge >= 0.3 is 5.97 Å². The maximum Gasteiger partial charge on any atom is 0.312 e. The minimum absolute atomic E-state index is 0.274. The van der Waals surface area contributed by atoms with Crippen LogP contribution in [0.2, 0.25) is 0 Å². The Hall–Kier alpha value is -1.64. The molecule has 0 radical (unpaired) electrons. The van der Waals surface area contributed by atoms with E-state index in [9.17, 15) is 9.59 Å². The van der Waals surface area contributed by atoms with Gasteiger partial charge in [0.25, 0.3) is 0 Å². The van der Waals surface area contributed by atoms with Gasteiger partial charge in [0.2, 0.25) is 0 Å². The fourth-order valence-electron chi connectivity index (χ4n) is 1.18. The van der Waals surface area contributed by atoms with E-state index in [0.29, 0.717) is 5.56 Å². The third-order valence-electron chi connectivity index (χ3n) is 2.13. The first kappa shape index (κ1) is 10.4. The summed E-state index contributed by atoms with van der Waals surface area (Å²) in [5.74, 6) is -0.565. The maximum atomic E-state index is 11.2. The number of hydrogen-bond acceptors (Lipinski definition) is 3. The Balaban J connectivity index is 2.86. The molecule has 1 rings (SSSR count). The van der Waals surface area contributed by atoms with Gasteiger partial charge < -0.3 is 4.74 Å². The third kappa shape index (κ3) is 2.19. The average Bonchev–Trinajstić information content (AvgIpc) is 2.27. The lowest BCUT2D eigenvalue weighted by molar-refractivity contribution is -0.141. The lowest BCUT2D eigenvalue weighted by Gasteiger charge is -2.08. The van der Waals surface area contributed by atoms with Crippen molar-refractivity contribution in [2.45, 2.75) is 12.8 Å². The standard InChI is InChI=1S/C11H12O3/c1-8(11(13)14-2)10-5-3-9(7-12)4-6-10/h3-8H,1-2H3. The number of carbonyl (C=O) groups excluding carboxylic acids is 2. The molecule has 1 aromatic carbocycles. The molecule has 0 heterocycles. The molecule has 0 saturated carbocycles. The number of hydrogen-bond donors (Lipinski definition) is 0. The molecule has 1 atom stereocenters. The molecule has 0 aliphatic heterocycles. The monoisotopic (exact) mass is 192 g/mol. The summed E-state index contributed by atoms with van der Waals surface area (Å²) in [6.45, 7) is 1.77. The summed E-state index contributed by atoms with van der Waals surface area (Å²) < 4.78 is 4.61. The van der Waals surface area contributed by atoms with Gasteiger partial charge in [-0.25, -0.2) is 0 Å². The van der Waals surface area contributed by atoms with E-state index in [1.165, 1.54) is 7.11 Å². The number of ether oxygens (including phenoxy) is 1. The first-order valence-corrected chi connectivity index (χ1v) is 4.32. The number of rotatable bonds is 3. The van der Waals surface area contributed by atoms with Crippen molar-refractivity contribution in [1.82, 2.24) is 0 Å². The summed E-state index contributed by atoms with van der Waals surface area (Å²) in [7, 11) is 1.36. The topological polar surface area (TPSA) is 43.4 Å². The molecular formula is C11H12O3. The summed E-state index contributed by atoms with van der Waals surface area (Å²) in [5.41, 5.74) is 1.45. The molecule has 0 aromatic heterocycles.